The van der Waals surface area contributed by atoms with Gasteiger partial charge in [0.05, 0.1) is 23.7 Å². The highest BCUT2D eigenvalue weighted by Gasteiger charge is 2.32. The highest BCUT2D eigenvalue weighted by molar-refractivity contribution is 7.90. The van der Waals surface area contributed by atoms with Gasteiger partial charge < -0.3 is 15.4 Å². The zero-order chi connectivity index (χ0) is 23.7. The molecule has 0 saturated heterocycles. The maximum atomic E-state index is 12.9. The molecule has 2 aromatic rings. The van der Waals surface area contributed by atoms with Crippen molar-refractivity contribution >= 4 is 49.6 Å². The number of benzene rings is 1. The molecule has 0 unspecified atom stereocenters. The van der Waals surface area contributed by atoms with Crippen molar-refractivity contribution in [3.63, 3.8) is 0 Å². The number of nitrogens with one attached hydrogen (secondary N) is 2. The van der Waals surface area contributed by atoms with Crippen molar-refractivity contribution in [1.82, 2.24) is 0 Å². The average Bonchev–Trinajstić information content (AvgIpc) is 3.03. The molecule has 0 spiro atoms. The number of carbonyl (C=O) groups excluding carboxylic acids is 3. The average molecular weight is 479 g/mol. The first-order chi connectivity index (χ1) is 14.9. The minimum Gasteiger partial charge on any atom is -0.462 e. The van der Waals surface area contributed by atoms with Crippen LogP contribution >= 0.6 is 11.3 Å². The van der Waals surface area contributed by atoms with Crippen molar-refractivity contribution < 1.29 is 27.5 Å². The largest absolute Gasteiger partial charge is 0.462 e. The second kappa shape index (κ2) is 9.03. The number of hydrogen-bond donors (Lipinski definition) is 2. The van der Waals surface area contributed by atoms with Gasteiger partial charge in [-0.25, -0.2) is 13.2 Å². The Kier molecular flexibility index (Phi) is 6.75. The summed E-state index contributed by atoms with van der Waals surface area (Å²) >= 11 is 1.08. The first-order valence-corrected chi connectivity index (χ1v) is 12.8. The predicted molar refractivity (Wildman–Crippen MR) is 124 cm³/mol. The molecule has 0 saturated carbocycles. The highest BCUT2D eigenvalue weighted by Crippen LogP contribution is 2.38. The van der Waals surface area contributed by atoms with E-state index < -0.39 is 27.1 Å². The number of rotatable bonds is 5. The van der Waals surface area contributed by atoms with Crippen LogP contribution in [0.2, 0.25) is 0 Å². The minimum absolute atomic E-state index is 0.0496. The standard InChI is InChI=1S/C22H26N2O6S2/c1-5-30-20(26)17-15-9-10-32(28,29)12-16(15)31-19(17)24-18(25)13-7-6-8-14(11-13)23-21(27)22(2,3)4/h6-8,11H,5,9-10,12H2,1-4H3,(H,23,27)(H,24,25). The molecule has 0 bridgehead atoms. The van der Waals surface area contributed by atoms with Crippen molar-refractivity contribution in [3.05, 3.63) is 45.8 Å². The van der Waals surface area contributed by atoms with Crippen molar-refractivity contribution in [2.75, 3.05) is 23.0 Å². The third kappa shape index (κ3) is 5.36. The van der Waals surface area contributed by atoms with Gasteiger partial charge in [-0.15, -0.1) is 11.3 Å². The van der Waals surface area contributed by atoms with Gasteiger partial charge in [0.15, 0.2) is 9.84 Å². The number of hydrogen-bond acceptors (Lipinski definition) is 7. The number of thiophene rings is 1. The molecule has 1 aromatic heterocycles. The summed E-state index contributed by atoms with van der Waals surface area (Å²) < 4.78 is 29.2. The molecule has 0 fully saturated rings. The molecular formula is C22H26N2O6S2. The van der Waals surface area contributed by atoms with E-state index >= 15 is 0 Å². The SMILES string of the molecule is CCOC(=O)c1c(NC(=O)c2cccc(NC(=O)C(C)(C)C)c2)sc2c1CCS(=O)(=O)C2. The second-order valence-corrected chi connectivity index (χ2v) is 11.8. The van der Waals surface area contributed by atoms with Crippen LogP contribution in [0.3, 0.4) is 0 Å². The fourth-order valence-corrected chi connectivity index (χ4v) is 6.20. The van der Waals surface area contributed by atoms with Crippen molar-refractivity contribution in [1.29, 1.82) is 0 Å². The maximum absolute atomic E-state index is 12.9. The molecule has 0 atom stereocenters. The van der Waals surface area contributed by atoms with Crippen LogP contribution in [-0.2, 0) is 31.5 Å². The van der Waals surface area contributed by atoms with Crippen LogP contribution in [0.25, 0.3) is 0 Å². The Morgan fingerprint density at radius 1 is 1.16 bits per heavy atom. The minimum atomic E-state index is -3.24. The van der Waals surface area contributed by atoms with Crippen molar-refractivity contribution in [2.24, 2.45) is 5.41 Å². The third-order valence-electron chi connectivity index (χ3n) is 4.88. The summed E-state index contributed by atoms with van der Waals surface area (Å²) in [7, 11) is -3.24. The van der Waals surface area contributed by atoms with Gasteiger partial charge in [0.25, 0.3) is 5.91 Å². The Morgan fingerprint density at radius 3 is 2.53 bits per heavy atom. The second-order valence-electron chi connectivity index (χ2n) is 8.51. The molecule has 1 aliphatic rings. The van der Waals surface area contributed by atoms with E-state index in [-0.39, 0.29) is 46.6 Å². The van der Waals surface area contributed by atoms with Crippen LogP contribution in [0.15, 0.2) is 24.3 Å². The monoisotopic (exact) mass is 478 g/mol. The summed E-state index contributed by atoms with van der Waals surface area (Å²) in [6.07, 6.45) is 0.201. The molecule has 1 aliphatic heterocycles. The Balaban J connectivity index is 1.89. The van der Waals surface area contributed by atoms with E-state index in [0.29, 0.717) is 16.1 Å². The highest BCUT2D eigenvalue weighted by atomic mass is 32.2. The van der Waals surface area contributed by atoms with Crippen LogP contribution in [0.1, 0.15) is 58.9 Å². The summed E-state index contributed by atoms with van der Waals surface area (Å²) in [5.41, 5.74) is 0.991. The number of anilines is 2. The number of carbonyl (C=O) groups is 3. The van der Waals surface area contributed by atoms with Crippen LogP contribution in [0.4, 0.5) is 10.7 Å². The molecule has 0 radical (unpaired) electrons. The van der Waals surface area contributed by atoms with Crippen molar-refractivity contribution in [2.45, 2.75) is 39.9 Å². The molecule has 2 N–H and O–H groups in total. The van der Waals surface area contributed by atoms with E-state index in [4.69, 9.17) is 4.74 Å². The number of fused-ring (bicyclic) bond motifs is 1. The number of ether oxygens (including phenoxy) is 1. The maximum Gasteiger partial charge on any atom is 0.341 e. The van der Waals surface area contributed by atoms with Gasteiger partial charge in [-0.1, -0.05) is 26.8 Å². The quantitative estimate of drug-likeness (QED) is 0.634. The zero-order valence-electron chi connectivity index (χ0n) is 18.4. The predicted octanol–water partition coefficient (Wildman–Crippen LogP) is 3.63. The van der Waals surface area contributed by atoms with Crippen LogP contribution in [0, 0.1) is 5.41 Å². The summed E-state index contributed by atoms with van der Waals surface area (Å²) in [5, 5.41) is 5.78. The van der Waals surface area contributed by atoms with E-state index in [9.17, 15) is 22.8 Å². The lowest BCUT2D eigenvalue weighted by atomic mass is 9.95. The van der Waals surface area contributed by atoms with Gasteiger partial charge in [0.1, 0.15) is 5.00 Å². The van der Waals surface area contributed by atoms with E-state index in [2.05, 4.69) is 10.6 Å². The first-order valence-electron chi connectivity index (χ1n) is 10.2. The Labute approximate surface area is 191 Å². The van der Waals surface area contributed by atoms with E-state index in [0.717, 1.165) is 11.3 Å². The fourth-order valence-electron chi connectivity index (χ4n) is 3.16. The zero-order valence-corrected chi connectivity index (χ0v) is 20.0. The molecular weight excluding hydrogens is 452 g/mol. The number of amides is 2. The molecule has 8 nitrogen and oxygen atoms in total. The Bertz CT molecular complexity index is 1180. The third-order valence-corrected chi connectivity index (χ3v) is 7.76. The van der Waals surface area contributed by atoms with E-state index in [1.807, 2.05) is 0 Å². The summed E-state index contributed by atoms with van der Waals surface area (Å²) in [5.74, 6) is -1.48. The Hall–Kier alpha value is -2.72. The smallest absolute Gasteiger partial charge is 0.341 e. The first kappa shape index (κ1) is 23.9. The molecule has 10 heteroatoms. The van der Waals surface area contributed by atoms with Gasteiger partial charge >= 0.3 is 5.97 Å². The molecule has 3 rings (SSSR count). The van der Waals surface area contributed by atoms with Gasteiger partial charge in [-0.05, 0) is 37.1 Å². The lowest BCUT2D eigenvalue weighted by Crippen LogP contribution is -2.27. The summed E-state index contributed by atoms with van der Waals surface area (Å²) in [4.78, 5) is 38.3. The lowest BCUT2D eigenvalue weighted by molar-refractivity contribution is -0.123. The summed E-state index contributed by atoms with van der Waals surface area (Å²) in [6.45, 7) is 7.19. The van der Waals surface area contributed by atoms with Crippen LogP contribution in [0.5, 0.6) is 0 Å². The van der Waals surface area contributed by atoms with Crippen LogP contribution in [-0.4, -0.2) is 38.6 Å². The van der Waals surface area contributed by atoms with Crippen LogP contribution < -0.4 is 10.6 Å². The van der Waals surface area contributed by atoms with E-state index in [1.165, 1.54) is 0 Å². The van der Waals surface area contributed by atoms with Gasteiger partial charge in [0.2, 0.25) is 5.91 Å². The van der Waals surface area contributed by atoms with Gasteiger partial charge in [0, 0.05) is 21.5 Å². The normalized spacial score (nSPS) is 14.9. The van der Waals surface area contributed by atoms with E-state index in [1.54, 1.807) is 52.0 Å². The summed E-state index contributed by atoms with van der Waals surface area (Å²) in [6, 6.07) is 6.45. The Morgan fingerprint density at radius 2 is 1.88 bits per heavy atom. The fraction of sp³-hybridized carbons (Fsp3) is 0.409. The van der Waals surface area contributed by atoms with Gasteiger partial charge in [-0.2, -0.15) is 0 Å². The lowest BCUT2D eigenvalue weighted by Gasteiger charge is -2.18. The number of esters is 1. The molecule has 172 valence electrons. The molecule has 0 aliphatic carbocycles. The number of sulfone groups is 1. The molecule has 32 heavy (non-hydrogen) atoms. The van der Waals surface area contributed by atoms with Crippen molar-refractivity contribution in [3.8, 4) is 0 Å². The molecule has 2 amide bonds. The molecule has 1 aromatic carbocycles. The molecule has 2 heterocycles. The van der Waals surface area contributed by atoms with Gasteiger partial charge in [-0.3, -0.25) is 9.59 Å². The topological polar surface area (TPSA) is 119 Å².